The van der Waals surface area contributed by atoms with Crippen molar-refractivity contribution in [3.8, 4) is 0 Å². The average molecular weight is 414 g/mol. The third kappa shape index (κ3) is 2.94. The molecule has 4 aromatic rings. The Labute approximate surface area is 168 Å². The molecule has 6 N–H and O–H groups in total. The number of para-hydroxylation sites is 1. The van der Waals surface area contributed by atoms with E-state index in [1.54, 1.807) is 0 Å². The van der Waals surface area contributed by atoms with Crippen LogP contribution in [-0.4, -0.2) is 64.7 Å². The highest BCUT2D eigenvalue weighted by molar-refractivity contribution is 7.99. The normalized spacial score (nSPS) is 24.7. The van der Waals surface area contributed by atoms with Crippen molar-refractivity contribution in [2.45, 2.75) is 34.6 Å². The number of nitrogens with one attached hydrogen (secondary N) is 1. The lowest BCUT2D eigenvalue weighted by Gasteiger charge is -2.16. The number of nitrogens with two attached hydrogens (primary N) is 1. The molecule has 0 amide bonds. The molecule has 29 heavy (non-hydrogen) atoms. The number of aliphatic hydroxyl groups is 3. The van der Waals surface area contributed by atoms with Crippen molar-refractivity contribution in [1.29, 1.82) is 0 Å². The van der Waals surface area contributed by atoms with Crippen LogP contribution in [0.3, 0.4) is 0 Å². The zero-order chi connectivity index (χ0) is 20.1. The van der Waals surface area contributed by atoms with E-state index in [9.17, 15) is 15.3 Å². The second-order valence-electron chi connectivity index (χ2n) is 6.74. The number of hydrogen-bond acceptors (Lipinski definition) is 9. The van der Waals surface area contributed by atoms with Crippen LogP contribution in [0.25, 0.3) is 22.1 Å². The van der Waals surface area contributed by atoms with Gasteiger partial charge in [0.05, 0.1) is 12.9 Å². The fourth-order valence-corrected chi connectivity index (χ4v) is 4.37. The number of anilines is 1. The molecular formula is C18H18N6O4S. The number of rotatable bonds is 4. The predicted molar refractivity (Wildman–Crippen MR) is 105 cm³/mol. The van der Waals surface area contributed by atoms with Crippen molar-refractivity contribution in [3.05, 3.63) is 36.8 Å². The first-order chi connectivity index (χ1) is 14.1. The lowest BCUT2D eigenvalue weighted by Crippen LogP contribution is -2.33. The van der Waals surface area contributed by atoms with Crippen LogP contribution < -0.4 is 5.73 Å². The summed E-state index contributed by atoms with van der Waals surface area (Å²) in [7, 11) is 0. The van der Waals surface area contributed by atoms with Crippen LogP contribution in [0.5, 0.6) is 0 Å². The maximum Gasteiger partial charge on any atom is 0.196 e. The number of imidazole rings is 1. The van der Waals surface area contributed by atoms with Gasteiger partial charge in [-0.3, -0.25) is 4.57 Å². The van der Waals surface area contributed by atoms with Crippen LogP contribution in [0.15, 0.2) is 46.8 Å². The van der Waals surface area contributed by atoms with Gasteiger partial charge < -0.3 is 30.8 Å². The average Bonchev–Trinajstić information content (AvgIpc) is 3.40. The van der Waals surface area contributed by atoms with Crippen LogP contribution in [0.2, 0.25) is 0 Å². The van der Waals surface area contributed by atoms with Crippen LogP contribution in [0, 0.1) is 0 Å². The summed E-state index contributed by atoms with van der Waals surface area (Å²) in [5.74, 6) is 0.197. The van der Waals surface area contributed by atoms with Crippen LogP contribution in [0.4, 0.5) is 5.82 Å². The van der Waals surface area contributed by atoms with Gasteiger partial charge in [-0.15, -0.1) is 0 Å². The molecule has 0 radical (unpaired) electrons. The summed E-state index contributed by atoms with van der Waals surface area (Å²) in [6.07, 6.45) is -1.01. The minimum absolute atomic E-state index is 0.197. The zero-order valence-corrected chi connectivity index (χ0v) is 15.8. The Morgan fingerprint density at radius 1 is 1.21 bits per heavy atom. The van der Waals surface area contributed by atoms with Crippen molar-refractivity contribution >= 4 is 39.6 Å². The van der Waals surface area contributed by atoms with E-state index in [1.807, 2.05) is 30.5 Å². The minimum atomic E-state index is -1.24. The van der Waals surface area contributed by atoms with Gasteiger partial charge in [0.25, 0.3) is 0 Å². The fraction of sp³-hybridized carbons (Fsp3) is 0.278. The van der Waals surface area contributed by atoms with Gasteiger partial charge in [0, 0.05) is 22.0 Å². The Kier molecular flexibility index (Phi) is 4.41. The standard InChI is InChI=1S/C18H18N6O4S/c19-15-12-16(24(7-21-12)17-14(27)13(26)10(6-25)28-17)23-18(22-15)29-11-5-20-9-4-2-1-3-8(9)11/h1-5,7,10,13-14,17,20,25-27H,6H2,(H2,19,22,23)/t10-,13-,14-,17-/m1/s1. The highest BCUT2D eigenvalue weighted by atomic mass is 32.2. The van der Waals surface area contributed by atoms with E-state index in [2.05, 4.69) is 19.9 Å². The summed E-state index contributed by atoms with van der Waals surface area (Å²) in [4.78, 5) is 17.3. The second kappa shape index (κ2) is 6.97. The summed E-state index contributed by atoms with van der Waals surface area (Å²) in [5.41, 5.74) is 7.82. The summed E-state index contributed by atoms with van der Waals surface area (Å²) in [5, 5.41) is 31.2. The Hall–Kier alpha value is -2.70. The first-order valence-electron chi connectivity index (χ1n) is 8.93. The van der Waals surface area contributed by atoms with E-state index in [0.29, 0.717) is 16.3 Å². The van der Waals surface area contributed by atoms with Gasteiger partial charge in [0.15, 0.2) is 22.8 Å². The number of nitrogen functional groups attached to an aromatic ring is 1. The van der Waals surface area contributed by atoms with Gasteiger partial charge in [0.1, 0.15) is 23.8 Å². The molecule has 1 aromatic carbocycles. The Morgan fingerprint density at radius 3 is 2.83 bits per heavy atom. The number of ether oxygens (including phenoxy) is 1. The van der Waals surface area contributed by atoms with Gasteiger partial charge in [-0.1, -0.05) is 18.2 Å². The topological polar surface area (TPSA) is 155 Å². The van der Waals surface area contributed by atoms with E-state index in [4.69, 9.17) is 10.5 Å². The zero-order valence-electron chi connectivity index (χ0n) is 15.0. The maximum atomic E-state index is 10.3. The van der Waals surface area contributed by atoms with Crippen LogP contribution in [-0.2, 0) is 4.74 Å². The SMILES string of the molecule is Nc1nc(Sc2c[nH]c3ccccc23)nc2c1ncn2[C@@H]1O[C@H](CO)[C@@H](O)[C@H]1O. The number of aromatic amines is 1. The number of H-pyrrole nitrogens is 1. The third-order valence-corrected chi connectivity index (χ3v) is 5.89. The Balaban J connectivity index is 1.55. The summed E-state index contributed by atoms with van der Waals surface area (Å²) >= 11 is 1.35. The smallest absolute Gasteiger partial charge is 0.196 e. The number of aromatic nitrogens is 5. The molecule has 0 aliphatic carbocycles. The largest absolute Gasteiger partial charge is 0.394 e. The van der Waals surface area contributed by atoms with Crippen molar-refractivity contribution in [2.75, 3.05) is 12.3 Å². The van der Waals surface area contributed by atoms with Gasteiger partial charge in [-0.05, 0) is 17.8 Å². The van der Waals surface area contributed by atoms with Crippen LogP contribution in [0.1, 0.15) is 6.23 Å². The molecule has 0 saturated carbocycles. The summed E-state index contributed by atoms with van der Waals surface area (Å²) in [6.45, 7) is -0.417. The molecule has 0 bridgehead atoms. The number of hydrogen-bond donors (Lipinski definition) is 5. The Morgan fingerprint density at radius 2 is 2.03 bits per heavy atom. The number of nitrogens with zero attached hydrogens (tertiary/aromatic N) is 4. The molecule has 1 fully saturated rings. The highest BCUT2D eigenvalue weighted by Crippen LogP contribution is 2.35. The van der Waals surface area contributed by atoms with E-state index in [1.165, 1.54) is 22.7 Å². The van der Waals surface area contributed by atoms with Crippen molar-refractivity contribution < 1.29 is 20.1 Å². The number of aliphatic hydroxyl groups excluding tert-OH is 3. The monoisotopic (exact) mass is 414 g/mol. The van der Waals surface area contributed by atoms with E-state index in [-0.39, 0.29) is 5.82 Å². The molecule has 5 rings (SSSR count). The fourth-order valence-electron chi connectivity index (χ4n) is 3.49. The van der Waals surface area contributed by atoms with Crippen molar-refractivity contribution in [3.63, 3.8) is 0 Å². The molecule has 3 aromatic heterocycles. The molecule has 1 aliphatic heterocycles. The molecule has 11 heteroatoms. The van der Waals surface area contributed by atoms with Gasteiger partial charge in [-0.25, -0.2) is 15.0 Å². The lowest BCUT2D eigenvalue weighted by molar-refractivity contribution is -0.0511. The van der Waals surface area contributed by atoms with E-state index >= 15 is 0 Å². The number of fused-ring (bicyclic) bond motifs is 2. The molecular weight excluding hydrogens is 396 g/mol. The maximum absolute atomic E-state index is 10.3. The number of benzene rings is 1. The highest BCUT2D eigenvalue weighted by Gasteiger charge is 2.44. The molecule has 10 nitrogen and oxygen atoms in total. The molecule has 1 saturated heterocycles. The molecule has 150 valence electrons. The van der Waals surface area contributed by atoms with Gasteiger partial charge >= 0.3 is 0 Å². The van der Waals surface area contributed by atoms with E-state index < -0.39 is 31.1 Å². The van der Waals surface area contributed by atoms with E-state index in [0.717, 1.165) is 15.8 Å². The predicted octanol–water partition coefficient (Wildman–Crippen LogP) is 0.652. The Bertz CT molecular complexity index is 1190. The molecule has 1 aliphatic rings. The minimum Gasteiger partial charge on any atom is -0.394 e. The quantitative estimate of drug-likeness (QED) is 0.303. The lowest BCUT2D eigenvalue weighted by atomic mass is 10.1. The van der Waals surface area contributed by atoms with Gasteiger partial charge in [0.2, 0.25) is 0 Å². The second-order valence-corrected chi connectivity index (χ2v) is 7.75. The molecule has 4 heterocycles. The van der Waals surface area contributed by atoms with Gasteiger partial charge in [-0.2, -0.15) is 0 Å². The molecule has 0 spiro atoms. The first-order valence-corrected chi connectivity index (χ1v) is 9.75. The summed E-state index contributed by atoms with van der Waals surface area (Å²) in [6, 6.07) is 7.89. The third-order valence-electron chi connectivity index (χ3n) is 4.97. The first kappa shape index (κ1) is 18.3. The molecule has 4 atom stereocenters. The van der Waals surface area contributed by atoms with Crippen molar-refractivity contribution in [2.24, 2.45) is 0 Å². The summed E-state index contributed by atoms with van der Waals surface area (Å²) < 4.78 is 7.09. The van der Waals surface area contributed by atoms with Crippen LogP contribution >= 0.6 is 11.8 Å². The molecule has 0 unspecified atom stereocenters. The van der Waals surface area contributed by atoms with Crippen molar-refractivity contribution in [1.82, 2.24) is 24.5 Å².